The van der Waals surface area contributed by atoms with Gasteiger partial charge >= 0.3 is 0 Å². The first-order chi connectivity index (χ1) is 4.38. The van der Waals surface area contributed by atoms with Gasteiger partial charge in [0.25, 0.3) is 0 Å². The van der Waals surface area contributed by atoms with Gasteiger partial charge in [-0.2, -0.15) is 0 Å². The summed E-state index contributed by atoms with van der Waals surface area (Å²) in [5.74, 6) is 0.664. The lowest BCUT2D eigenvalue weighted by Gasteiger charge is -2.07. The van der Waals surface area contributed by atoms with Crippen LogP contribution in [-0.2, 0) is 4.74 Å². The predicted molar refractivity (Wildman–Crippen MR) is 35.1 cm³/mol. The van der Waals surface area contributed by atoms with Crippen LogP contribution in [0.4, 0.5) is 0 Å². The largest absolute Gasteiger partial charge is 0.396 e. The summed E-state index contributed by atoms with van der Waals surface area (Å²) in [6, 6.07) is 0. The van der Waals surface area contributed by atoms with E-state index in [4.69, 9.17) is 9.84 Å². The van der Waals surface area contributed by atoms with Gasteiger partial charge in [-0.15, -0.1) is 6.58 Å². The molecular weight excluding hydrogens is 116 g/mol. The van der Waals surface area contributed by atoms with Crippen molar-refractivity contribution in [2.75, 3.05) is 19.8 Å². The number of ether oxygens (including phenoxy) is 1. The van der Waals surface area contributed by atoms with Crippen molar-refractivity contribution in [3.63, 3.8) is 0 Å². The Balaban J connectivity index is 2.41. The van der Waals surface area contributed by atoms with E-state index in [1.807, 2.05) is 6.08 Å². The van der Waals surface area contributed by atoms with E-state index in [9.17, 15) is 0 Å². The maximum atomic E-state index is 8.74. The molecule has 0 aromatic carbocycles. The zero-order chi connectivity index (χ0) is 6.69. The Kier molecular flexibility index (Phi) is 2.25. The third-order valence-electron chi connectivity index (χ3n) is 1.78. The summed E-state index contributed by atoms with van der Waals surface area (Å²) in [5.41, 5.74) is 0. The van der Waals surface area contributed by atoms with Crippen LogP contribution in [0.2, 0.25) is 0 Å². The molecule has 0 spiro atoms. The summed E-state index contributed by atoms with van der Waals surface area (Å²) in [6.45, 7) is 5.29. The second kappa shape index (κ2) is 2.99. The highest BCUT2D eigenvalue weighted by Gasteiger charge is 2.24. The molecule has 52 valence electrons. The molecule has 0 aromatic rings. The lowest BCUT2D eigenvalue weighted by molar-refractivity contribution is 0.160. The van der Waals surface area contributed by atoms with Crippen molar-refractivity contribution in [3.05, 3.63) is 12.7 Å². The number of rotatable bonds is 2. The fourth-order valence-corrected chi connectivity index (χ4v) is 1.06. The van der Waals surface area contributed by atoms with Gasteiger partial charge in [-0.1, -0.05) is 6.08 Å². The molecule has 0 saturated carbocycles. The Bertz CT molecular complexity index is 101. The van der Waals surface area contributed by atoms with Gasteiger partial charge in [-0.05, 0) is 0 Å². The molecule has 2 heteroatoms. The summed E-state index contributed by atoms with van der Waals surface area (Å²) in [5, 5.41) is 8.74. The van der Waals surface area contributed by atoms with Gasteiger partial charge < -0.3 is 9.84 Å². The van der Waals surface area contributed by atoms with Gasteiger partial charge in [-0.3, -0.25) is 0 Å². The van der Waals surface area contributed by atoms with E-state index in [-0.39, 0.29) is 6.61 Å². The van der Waals surface area contributed by atoms with Crippen LogP contribution in [0.3, 0.4) is 0 Å². The maximum Gasteiger partial charge on any atom is 0.0533 e. The third-order valence-corrected chi connectivity index (χ3v) is 1.78. The minimum atomic E-state index is 0.219. The van der Waals surface area contributed by atoms with Gasteiger partial charge in [0.1, 0.15) is 0 Å². The van der Waals surface area contributed by atoms with E-state index in [0.29, 0.717) is 18.4 Å². The standard InChI is InChI=1S/C7H12O2/c1-2-6-4-9-5-7(6)3-8/h2,6-8H,1,3-5H2. The highest BCUT2D eigenvalue weighted by Crippen LogP contribution is 2.20. The third kappa shape index (κ3) is 1.32. The summed E-state index contributed by atoms with van der Waals surface area (Å²) in [7, 11) is 0. The van der Waals surface area contributed by atoms with E-state index < -0.39 is 0 Å². The topological polar surface area (TPSA) is 29.5 Å². The Morgan fingerprint density at radius 1 is 1.67 bits per heavy atom. The summed E-state index contributed by atoms with van der Waals surface area (Å²) in [6.07, 6.45) is 1.86. The minimum Gasteiger partial charge on any atom is -0.396 e. The number of hydrogen-bond donors (Lipinski definition) is 1. The Morgan fingerprint density at radius 2 is 2.44 bits per heavy atom. The van der Waals surface area contributed by atoms with Crippen LogP contribution >= 0.6 is 0 Å². The highest BCUT2D eigenvalue weighted by molar-refractivity contribution is 4.87. The van der Waals surface area contributed by atoms with Crippen molar-refractivity contribution in [2.24, 2.45) is 11.8 Å². The molecule has 0 bridgehead atoms. The molecule has 0 aliphatic carbocycles. The first kappa shape index (κ1) is 6.78. The Morgan fingerprint density at radius 3 is 2.89 bits per heavy atom. The van der Waals surface area contributed by atoms with Crippen LogP contribution in [0.5, 0.6) is 0 Å². The summed E-state index contributed by atoms with van der Waals surface area (Å²) in [4.78, 5) is 0. The molecule has 1 fully saturated rings. The average Bonchev–Trinajstić information content (AvgIpc) is 2.33. The predicted octanol–water partition coefficient (Wildman–Crippen LogP) is 0.427. The van der Waals surface area contributed by atoms with Gasteiger partial charge in [0, 0.05) is 18.4 Å². The van der Waals surface area contributed by atoms with Crippen molar-refractivity contribution in [1.82, 2.24) is 0 Å². The van der Waals surface area contributed by atoms with E-state index in [0.717, 1.165) is 6.61 Å². The molecular formula is C7H12O2. The zero-order valence-corrected chi connectivity index (χ0v) is 5.42. The first-order valence-corrected chi connectivity index (χ1v) is 3.19. The molecule has 2 unspecified atom stereocenters. The fraction of sp³-hybridized carbons (Fsp3) is 0.714. The smallest absolute Gasteiger partial charge is 0.0533 e. The van der Waals surface area contributed by atoms with E-state index in [2.05, 4.69) is 6.58 Å². The Hall–Kier alpha value is -0.340. The highest BCUT2D eigenvalue weighted by atomic mass is 16.5. The molecule has 0 radical (unpaired) electrons. The van der Waals surface area contributed by atoms with Crippen LogP contribution in [0, 0.1) is 11.8 Å². The van der Waals surface area contributed by atoms with Crippen molar-refractivity contribution in [2.45, 2.75) is 0 Å². The lowest BCUT2D eigenvalue weighted by Crippen LogP contribution is -2.13. The SMILES string of the molecule is C=CC1COCC1CO. The van der Waals surface area contributed by atoms with Crippen LogP contribution in [-0.4, -0.2) is 24.9 Å². The van der Waals surface area contributed by atoms with Crippen LogP contribution in [0.15, 0.2) is 12.7 Å². The number of aliphatic hydroxyl groups is 1. The van der Waals surface area contributed by atoms with Crippen LogP contribution in [0.25, 0.3) is 0 Å². The lowest BCUT2D eigenvalue weighted by atomic mass is 9.97. The maximum absolute atomic E-state index is 8.74. The quantitative estimate of drug-likeness (QED) is 0.546. The summed E-state index contributed by atoms with van der Waals surface area (Å²) >= 11 is 0. The van der Waals surface area contributed by atoms with Crippen molar-refractivity contribution in [3.8, 4) is 0 Å². The molecule has 9 heavy (non-hydrogen) atoms. The van der Waals surface area contributed by atoms with Gasteiger partial charge in [0.2, 0.25) is 0 Å². The van der Waals surface area contributed by atoms with E-state index >= 15 is 0 Å². The van der Waals surface area contributed by atoms with Crippen molar-refractivity contribution >= 4 is 0 Å². The fourth-order valence-electron chi connectivity index (χ4n) is 1.06. The molecule has 0 aromatic heterocycles. The summed E-state index contributed by atoms with van der Waals surface area (Å²) < 4.78 is 5.12. The molecule has 1 rings (SSSR count). The number of aliphatic hydroxyl groups excluding tert-OH is 1. The monoisotopic (exact) mass is 128 g/mol. The molecule has 1 N–H and O–H groups in total. The molecule has 1 saturated heterocycles. The molecule has 0 amide bonds. The van der Waals surface area contributed by atoms with Gasteiger partial charge in [-0.25, -0.2) is 0 Å². The molecule has 1 aliphatic heterocycles. The van der Waals surface area contributed by atoms with Gasteiger partial charge in [0.15, 0.2) is 0 Å². The second-order valence-electron chi connectivity index (χ2n) is 2.38. The molecule has 2 nitrogen and oxygen atoms in total. The minimum absolute atomic E-state index is 0.219. The number of hydrogen-bond acceptors (Lipinski definition) is 2. The van der Waals surface area contributed by atoms with Crippen LogP contribution < -0.4 is 0 Å². The van der Waals surface area contributed by atoms with Crippen LogP contribution in [0.1, 0.15) is 0 Å². The van der Waals surface area contributed by atoms with E-state index in [1.54, 1.807) is 0 Å². The van der Waals surface area contributed by atoms with Crippen molar-refractivity contribution < 1.29 is 9.84 Å². The normalized spacial score (nSPS) is 34.8. The van der Waals surface area contributed by atoms with E-state index in [1.165, 1.54) is 0 Å². The van der Waals surface area contributed by atoms with Gasteiger partial charge in [0.05, 0.1) is 13.2 Å². The molecule has 2 atom stereocenters. The molecule has 1 aliphatic rings. The zero-order valence-electron chi connectivity index (χ0n) is 5.42. The Labute approximate surface area is 55.1 Å². The molecule has 1 heterocycles. The average molecular weight is 128 g/mol. The second-order valence-corrected chi connectivity index (χ2v) is 2.38. The first-order valence-electron chi connectivity index (χ1n) is 3.19. The van der Waals surface area contributed by atoms with Crippen molar-refractivity contribution in [1.29, 1.82) is 0 Å².